The second-order valence-electron chi connectivity index (χ2n) is 4.22. The highest BCUT2D eigenvalue weighted by Gasteiger charge is 2.23. The van der Waals surface area contributed by atoms with Crippen molar-refractivity contribution in [3.8, 4) is 0 Å². The van der Waals surface area contributed by atoms with Crippen LogP contribution < -0.4 is 5.73 Å². The van der Waals surface area contributed by atoms with Crippen molar-refractivity contribution in [2.24, 2.45) is 5.73 Å². The first-order valence-corrected chi connectivity index (χ1v) is 6.26. The Morgan fingerprint density at radius 3 is 2.47 bits per heavy atom. The van der Waals surface area contributed by atoms with Crippen LogP contribution in [0.5, 0.6) is 0 Å². The lowest BCUT2D eigenvalue weighted by Crippen LogP contribution is -2.42. The fraction of sp³-hybridized carbons (Fsp3) is 0.429. The molecular weight excluding hydrogens is 244 g/mol. The molecule has 5 nitrogen and oxygen atoms in total. The summed E-state index contributed by atoms with van der Waals surface area (Å²) in [6.45, 7) is 2.35. The lowest BCUT2D eigenvalue weighted by molar-refractivity contribution is -0.147. The molecule has 0 bridgehead atoms. The normalized spacial score (nSPS) is 11.7. The number of carbonyl (C=O) groups is 2. The summed E-state index contributed by atoms with van der Waals surface area (Å²) in [5.41, 5.74) is 6.68. The molecule has 104 valence electrons. The van der Waals surface area contributed by atoms with E-state index >= 15 is 0 Å². The smallest absolute Gasteiger partial charge is 0.325 e. The summed E-state index contributed by atoms with van der Waals surface area (Å²) in [5.74, 6) is -0.708. The van der Waals surface area contributed by atoms with Gasteiger partial charge in [-0.25, -0.2) is 0 Å². The minimum Gasteiger partial charge on any atom is -0.468 e. The molecule has 1 aromatic rings. The van der Waals surface area contributed by atoms with E-state index in [-0.39, 0.29) is 12.5 Å². The van der Waals surface area contributed by atoms with Crippen LogP contribution in [-0.4, -0.2) is 37.0 Å². The highest BCUT2D eigenvalue weighted by atomic mass is 16.5. The van der Waals surface area contributed by atoms with Crippen LogP contribution in [0.2, 0.25) is 0 Å². The summed E-state index contributed by atoms with van der Waals surface area (Å²) < 4.78 is 4.59. The number of hydrogen-bond acceptors (Lipinski definition) is 4. The first kappa shape index (κ1) is 15.2. The van der Waals surface area contributed by atoms with Crippen molar-refractivity contribution in [3.05, 3.63) is 35.9 Å². The molecule has 0 fully saturated rings. The maximum atomic E-state index is 12.3. The third kappa shape index (κ3) is 4.37. The molecule has 19 heavy (non-hydrogen) atoms. The van der Waals surface area contributed by atoms with Gasteiger partial charge in [-0.1, -0.05) is 37.3 Å². The third-order valence-electron chi connectivity index (χ3n) is 2.78. The number of esters is 1. The number of methoxy groups -OCH3 is 1. The van der Waals surface area contributed by atoms with Gasteiger partial charge >= 0.3 is 5.97 Å². The van der Waals surface area contributed by atoms with E-state index in [1.807, 2.05) is 25.1 Å². The van der Waals surface area contributed by atoms with Crippen LogP contribution in [0.3, 0.4) is 0 Å². The third-order valence-corrected chi connectivity index (χ3v) is 2.78. The Labute approximate surface area is 113 Å². The van der Waals surface area contributed by atoms with E-state index in [2.05, 4.69) is 4.74 Å². The Kier molecular flexibility index (Phi) is 6.02. The van der Waals surface area contributed by atoms with E-state index in [1.54, 1.807) is 12.1 Å². The molecule has 0 radical (unpaired) electrons. The van der Waals surface area contributed by atoms with Gasteiger partial charge in [0.25, 0.3) is 0 Å². The van der Waals surface area contributed by atoms with Gasteiger partial charge in [0.05, 0.1) is 7.11 Å². The summed E-state index contributed by atoms with van der Waals surface area (Å²) in [5, 5.41) is 0. The van der Waals surface area contributed by atoms with Gasteiger partial charge < -0.3 is 15.4 Å². The van der Waals surface area contributed by atoms with Crippen molar-refractivity contribution in [2.45, 2.75) is 19.4 Å². The van der Waals surface area contributed by atoms with Gasteiger partial charge in [0.15, 0.2) is 0 Å². The molecule has 1 atom stereocenters. The molecule has 0 aliphatic carbocycles. The summed E-state index contributed by atoms with van der Waals surface area (Å²) in [4.78, 5) is 25.0. The van der Waals surface area contributed by atoms with Crippen molar-refractivity contribution in [1.82, 2.24) is 4.90 Å². The number of ether oxygens (including phenoxy) is 1. The second kappa shape index (κ2) is 7.53. The average Bonchev–Trinajstić information content (AvgIpc) is 2.46. The Morgan fingerprint density at radius 2 is 1.95 bits per heavy atom. The van der Waals surface area contributed by atoms with Gasteiger partial charge in [0.2, 0.25) is 5.91 Å². The summed E-state index contributed by atoms with van der Waals surface area (Å²) in [6.07, 6.45) is 0.754. The lowest BCUT2D eigenvalue weighted by atomic mass is 10.1. The zero-order valence-electron chi connectivity index (χ0n) is 11.3. The van der Waals surface area contributed by atoms with Gasteiger partial charge in [0.1, 0.15) is 12.6 Å². The Hall–Kier alpha value is -1.88. The van der Waals surface area contributed by atoms with Crippen LogP contribution in [0.25, 0.3) is 0 Å². The fourth-order valence-electron chi connectivity index (χ4n) is 1.76. The first-order chi connectivity index (χ1) is 9.10. The van der Waals surface area contributed by atoms with Gasteiger partial charge in [-0.15, -0.1) is 0 Å². The highest BCUT2D eigenvalue weighted by molar-refractivity contribution is 5.86. The van der Waals surface area contributed by atoms with Crippen LogP contribution in [-0.2, 0) is 14.3 Å². The first-order valence-electron chi connectivity index (χ1n) is 6.26. The Bertz CT molecular complexity index is 420. The van der Waals surface area contributed by atoms with Crippen molar-refractivity contribution in [2.75, 3.05) is 20.2 Å². The molecule has 5 heteroatoms. The SMILES string of the molecule is CCCN(CC(=O)OC)C(=O)[C@H](N)c1ccccc1. The van der Waals surface area contributed by atoms with Gasteiger partial charge in [-0.2, -0.15) is 0 Å². The van der Waals surface area contributed by atoms with Crippen molar-refractivity contribution in [3.63, 3.8) is 0 Å². The topological polar surface area (TPSA) is 72.6 Å². The predicted octanol–water partition coefficient (Wildman–Crippen LogP) is 1.10. The number of rotatable bonds is 6. The summed E-state index contributed by atoms with van der Waals surface area (Å²) in [7, 11) is 1.30. The molecule has 0 aromatic heterocycles. The maximum absolute atomic E-state index is 12.3. The quantitative estimate of drug-likeness (QED) is 0.781. The largest absolute Gasteiger partial charge is 0.468 e. The van der Waals surface area contributed by atoms with Crippen LogP contribution in [0.15, 0.2) is 30.3 Å². The van der Waals surface area contributed by atoms with Crippen LogP contribution in [0.1, 0.15) is 24.9 Å². The van der Waals surface area contributed by atoms with E-state index in [1.165, 1.54) is 12.0 Å². The number of benzene rings is 1. The zero-order valence-corrected chi connectivity index (χ0v) is 11.3. The van der Waals surface area contributed by atoms with Gasteiger partial charge in [-0.05, 0) is 12.0 Å². The van der Waals surface area contributed by atoms with Crippen LogP contribution in [0, 0.1) is 0 Å². The minimum atomic E-state index is -0.752. The van der Waals surface area contributed by atoms with Crippen LogP contribution in [0.4, 0.5) is 0 Å². The van der Waals surface area contributed by atoms with Gasteiger partial charge in [0, 0.05) is 6.54 Å². The van der Waals surface area contributed by atoms with E-state index in [9.17, 15) is 9.59 Å². The molecule has 0 aliphatic rings. The number of hydrogen-bond donors (Lipinski definition) is 1. The molecule has 1 aromatic carbocycles. The highest BCUT2D eigenvalue weighted by Crippen LogP contribution is 2.13. The van der Waals surface area contributed by atoms with E-state index in [0.717, 1.165) is 12.0 Å². The molecule has 1 amide bonds. The minimum absolute atomic E-state index is 0.0658. The molecule has 0 saturated carbocycles. The monoisotopic (exact) mass is 264 g/mol. The molecule has 0 aliphatic heterocycles. The number of carbonyl (C=O) groups excluding carboxylic acids is 2. The molecular formula is C14H20N2O3. The van der Waals surface area contributed by atoms with Crippen LogP contribution >= 0.6 is 0 Å². The van der Waals surface area contributed by atoms with E-state index in [0.29, 0.717) is 6.54 Å². The predicted molar refractivity (Wildman–Crippen MR) is 72.3 cm³/mol. The Morgan fingerprint density at radius 1 is 1.32 bits per heavy atom. The van der Waals surface area contributed by atoms with E-state index in [4.69, 9.17) is 5.73 Å². The maximum Gasteiger partial charge on any atom is 0.325 e. The van der Waals surface area contributed by atoms with Crippen molar-refractivity contribution < 1.29 is 14.3 Å². The summed E-state index contributed by atoms with van der Waals surface area (Å²) >= 11 is 0. The summed E-state index contributed by atoms with van der Waals surface area (Å²) in [6, 6.07) is 8.35. The zero-order chi connectivity index (χ0) is 14.3. The molecule has 2 N–H and O–H groups in total. The lowest BCUT2D eigenvalue weighted by Gasteiger charge is -2.24. The van der Waals surface area contributed by atoms with Gasteiger partial charge in [-0.3, -0.25) is 9.59 Å². The van der Waals surface area contributed by atoms with Crippen molar-refractivity contribution >= 4 is 11.9 Å². The number of nitrogens with two attached hydrogens (primary N) is 1. The molecule has 0 spiro atoms. The molecule has 1 rings (SSSR count). The molecule has 0 heterocycles. The second-order valence-corrected chi connectivity index (χ2v) is 4.22. The molecule has 0 saturated heterocycles. The van der Waals surface area contributed by atoms with E-state index < -0.39 is 12.0 Å². The fourth-order valence-corrected chi connectivity index (χ4v) is 1.76. The molecule has 0 unspecified atom stereocenters. The Balaban J connectivity index is 2.78. The number of amides is 1. The standard InChI is InChI=1S/C14H20N2O3/c1-3-9-16(10-12(17)19-2)14(18)13(15)11-7-5-4-6-8-11/h4-8,13H,3,9-10,15H2,1-2H3/t13-/m1/s1. The average molecular weight is 264 g/mol. The number of nitrogens with zero attached hydrogens (tertiary/aromatic N) is 1. The van der Waals surface area contributed by atoms with Crippen molar-refractivity contribution in [1.29, 1.82) is 0 Å².